The zero-order chi connectivity index (χ0) is 15.5. The number of rotatable bonds is 5. The maximum atomic E-state index is 12.5. The molecule has 0 saturated carbocycles. The molecule has 1 aliphatic heterocycles. The normalized spacial score (nSPS) is 19.2. The van der Waals surface area contributed by atoms with Crippen molar-refractivity contribution in [2.24, 2.45) is 0 Å². The minimum Gasteiger partial charge on any atom is -0.480 e. The van der Waals surface area contributed by atoms with Gasteiger partial charge in [-0.25, -0.2) is 4.79 Å². The van der Waals surface area contributed by atoms with Crippen LogP contribution in [0.5, 0.6) is 5.75 Å². The number of alkyl halides is 2. The average molecular weight is 299 g/mol. The van der Waals surface area contributed by atoms with E-state index < -0.39 is 18.1 Å². The number of ether oxygens (including phenoxy) is 1. The Morgan fingerprint density at radius 1 is 1.29 bits per heavy atom. The molecule has 1 aliphatic rings. The maximum absolute atomic E-state index is 12.5. The molecule has 0 aliphatic carbocycles. The first kappa shape index (κ1) is 15.7. The van der Waals surface area contributed by atoms with E-state index in [-0.39, 0.29) is 11.3 Å². The molecule has 1 saturated heterocycles. The summed E-state index contributed by atoms with van der Waals surface area (Å²) in [6, 6.07) is 6.12. The Bertz CT molecular complexity index is 503. The molecule has 0 aromatic heterocycles. The summed E-state index contributed by atoms with van der Waals surface area (Å²) in [6.07, 6.45) is 2.86. The lowest BCUT2D eigenvalue weighted by molar-refractivity contribution is -0.152. The molecule has 21 heavy (non-hydrogen) atoms. The van der Waals surface area contributed by atoms with Gasteiger partial charge in [0, 0.05) is 5.56 Å². The van der Waals surface area contributed by atoms with Crippen molar-refractivity contribution in [3.63, 3.8) is 0 Å². The van der Waals surface area contributed by atoms with Gasteiger partial charge in [0.2, 0.25) is 0 Å². The topological polar surface area (TPSA) is 49.8 Å². The predicted octanol–water partition coefficient (Wildman–Crippen LogP) is 3.07. The Kier molecular flexibility index (Phi) is 4.77. The minimum atomic E-state index is -2.98. The number of aliphatic carboxylic acids is 1. The highest BCUT2D eigenvalue weighted by atomic mass is 19.3. The van der Waals surface area contributed by atoms with Crippen molar-refractivity contribution in [2.45, 2.75) is 38.3 Å². The second kappa shape index (κ2) is 6.39. The fourth-order valence-corrected chi connectivity index (χ4v) is 2.83. The Morgan fingerprint density at radius 2 is 1.90 bits per heavy atom. The minimum absolute atomic E-state index is 0.0806. The second-order valence-corrected chi connectivity index (χ2v) is 5.30. The van der Waals surface area contributed by atoms with Crippen LogP contribution in [0.4, 0.5) is 8.78 Å². The summed E-state index contributed by atoms with van der Waals surface area (Å²) in [7, 11) is 0. The molecule has 0 amide bonds. The van der Waals surface area contributed by atoms with Crippen LogP contribution in [0.1, 0.15) is 31.7 Å². The molecule has 1 atom stereocenters. The highest BCUT2D eigenvalue weighted by molar-refractivity contribution is 5.81. The van der Waals surface area contributed by atoms with Crippen LogP contribution in [0.2, 0.25) is 0 Å². The zero-order valence-corrected chi connectivity index (χ0v) is 11.9. The van der Waals surface area contributed by atoms with Crippen molar-refractivity contribution in [2.75, 3.05) is 13.1 Å². The standard InChI is InChI=1S/C15H19F2NO3/c1-15(13(19)20,18-9-5-2-6-10-18)11-7-3-4-8-12(11)21-14(16)17/h3-4,7-8,14H,2,5-6,9-10H2,1H3,(H,19,20). The zero-order valence-electron chi connectivity index (χ0n) is 11.9. The number of carboxylic acid groups (broad SMARTS) is 1. The molecular formula is C15H19F2NO3. The van der Waals surface area contributed by atoms with Crippen LogP contribution < -0.4 is 4.74 Å². The van der Waals surface area contributed by atoms with Crippen LogP contribution in [-0.4, -0.2) is 35.7 Å². The number of nitrogens with zero attached hydrogens (tertiary/aromatic N) is 1. The van der Waals surface area contributed by atoms with Crippen molar-refractivity contribution in [3.05, 3.63) is 29.8 Å². The van der Waals surface area contributed by atoms with Gasteiger partial charge in [-0.15, -0.1) is 0 Å². The molecule has 2 rings (SSSR count). The van der Waals surface area contributed by atoms with Crippen LogP contribution in [0, 0.1) is 0 Å². The van der Waals surface area contributed by atoms with Gasteiger partial charge in [0.1, 0.15) is 11.3 Å². The fourth-order valence-electron chi connectivity index (χ4n) is 2.83. The second-order valence-electron chi connectivity index (χ2n) is 5.30. The largest absolute Gasteiger partial charge is 0.480 e. The average Bonchev–Trinajstić information content (AvgIpc) is 2.47. The van der Waals surface area contributed by atoms with E-state index in [0.717, 1.165) is 19.3 Å². The fraction of sp³-hybridized carbons (Fsp3) is 0.533. The number of carboxylic acids is 1. The number of likely N-dealkylation sites (tertiary alicyclic amines) is 1. The first-order valence-electron chi connectivity index (χ1n) is 6.99. The van der Waals surface area contributed by atoms with Crippen LogP contribution in [0.15, 0.2) is 24.3 Å². The van der Waals surface area contributed by atoms with Crippen molar-refractivity contribution in [3.8, 4) is 5.75 Å². The van der Waals surface area contributed by atoms with Gasteiger partial charge in [-0.2, -0.15) is 8.78 Å². The predicted molar refractivity (Wildman–Crippen MR) is 73.5 cm³/mol. The molecule has 1 fully saturated rings. The molecule has 1 aromatic carbocycles. The molecule has 6 heteroatoms. The number of benzene rings is 1. The van der Waals surface area contributed by atoms with E-state index in [9.17, 15) is 18.7 Å². The van der Waals surface area contributed by atoms with E-state index in [0.29, 0.717) is 13.1 Å². The number of carbonyl (C=O) groups is 1. The van der Waals surface area contributed by atoms with E-state index in [1.807, 2.05) is 4.90 Å². The molecule has 4 nitrogen and oxygen atoms in total. The van der Waals surface area contributed by atoms with Gasteiger partial charge in [0.05, 0.1) is 0 Å². The summed E-state index contributed by atoms with van der Waals surface area (Å²) in [6.45, 7) is -0.170. The van der Waals surface area contributed by atoms with Crippen molar-refractivity contribution >= 4 is 5.97 Å². The Hall–Kier alpha value is -1.69. The van der Waals surface area contributed by atoms with Gasteiger partial charge in [0.15, 0.2) is 0 Å². The molecule has 1 unspecified atom stereocenters. The van der Waals surface area contributed by atoms with Crippen LogP contribution in [0.25, 0.3) is 0 Å². The molecule has 0 radical (unpaired) electrons. The summed E-state index contributed by atoms with van der Waals surface area (Å²) >= 11 is 0. The monoisotopic (exact) mass is 299 g/mol. The van der Waals surface area contributed by atoms with E-state index in [1.54, 1.807) is 25.1 Å². The SMILES string of the molecule is CC(C(=O)O)(c1ccccc1OC(F)F)N1CCCCC1. The van der Waals surface area contributed by atoms with Crippen molar-refractivity contribution in [1.29, 1.82) is 0 Å². The van der Waals surface area contributed by atoms with Crippen LogP contribution in [-0.2, 0) is 10.3 Å². The Labute approximate surface area is 122 Å². The summed E-state index contributed by atoms with van der Waals surface area (Å²) < 4.78 is 29.6. The van der Waals surface area contributed by atoms with Gasteiger partial charge in [-0.1, -0.05) is 24.6 Å². The smallest absolute Gasteiger partial charge is 0.387 e. The number of hydrogen-bond donors (Lipinski definition) is 1. The first-order chi connectivity index (χ1) is 9.96. The highest BCUT2D eigenvalue weighted by Gasteiger charge is 2.43. The van der Waals surface area contributed by atoms with Gasteiger partial charge >= 0.3 is 12.6 Å². The maximum Gasteiger partial charge on any atom is 0.387 e. The van der Waals surface area contributed by atoms with Gasteiger partial charge in [-0.05, 0) is 38.9 Å². The summed E-state index contributed by atoms with van der Waals surface area (Å²) in [4.78, 5) is 13.7. The molecular weight excluding hydrogens is 280 g/mol. The van der Waals surface area contributed by atoms with Crippen LogP contribution >= 0.6 is 0 Å². The molecule has 1 N–H and O–H groups in total. The quantitative estimate of drug-likeness (QED) is 0.908. The number of halogens is 2. The highest BCUT2D eigenvalue weighted by Crippen LogP contribution is 2.37. The third-order valence-corrected chi connectivity index (χ3v) is 4.03. The van der Waals surface area contributed by atoms with E-state index in [2.05, 4.69) is 4.74 Å². The van der Waals surface area contributed by atoms with E-state index >= 15 is 0 Å². The third kappa shape index (κ3) is 3.15. The van der Waals surface area contributed by atoms with Crippen molar-refractivity contribution < 1.29 is 23.4 Å². The van der Waals surface area contributed by atoms with Crippen molar-refractivity contribution in [1.82, 2.24) is 4.90 Å². The Balaban J connectivity index is 2.44. The number of para-hydroxylation sites is 1. The first-order valence-corrected chi connectivity index (χ1v) is 6.99. The lowest BCUT2D eigenvalue weighted by Gasteiger charge is -2.41. The summed E-state index contributed by atoms with van der Waals surface area (Å²) in [5.74, 6) is -1.14. The molecule has 0 bridgehead atoms. The van der Waals surface area contributed by atoms with Crippen LogP contribution in [0.3, 0.4) is 0 Å². The molecule has 116 valence electrons. The third-order valence-electron chi connectivity index (χ3n) is 4.03. The lowest BCUT2D eigenvalue weighted by Crippen LogP contribution is -2.52. The van der Waals surface area contributed by atoms with E-state index in [1.165, 1.54) is 6.07 Å². The lowest BCUT2D eigenvalue weighted by atomic mass is 9.87. The van der Waals surface area contributed by atoms with E-state index in [4.69, 9.17) is 0 Å². The summed E-state index contributed by atoms with van der Waals surface area (Å²) in [5, 5.41) is 9.71. The molecule has 1 aromatic rings. The van der Waals surface area contributed by atoms with Gasteiger partial charge < -0.3 is 9.84 Å². The van der Waals surface area contributed by atoms with Gasteiger partial charge in [0.25, 0.3) is 0 Å². The van der Waals surface area contributed by atoms with Gasteiger partial charge in [-0.3, -0.25) is 4.90 Å². The number of piperidine rings is 1. The Morgan fingerprint density at radius 3 is 2.48 bits per heavy atom. The molecule has 0 spiro atoms. The number of hydrogen-bond acceptors (Lipinski definition) is 3. The summed E-state index contributed by atoms with van der Waals surface area (Å²) in [5.41, 5.74) is -1.11. The molecule has 1 heterocycles.